The minimum atomic E-state index is -0.879. The SMILES string of the molecule is CC(=O)C1=C(C(N)=O)C(C(C)=O)C=CN1C(C)=O. The molecular weight excluding hydrogens is 236 g/mol. The molecule has 0 aliphatic carbocycles. The van der Waals surface area contributed by atoms with E-state index < -0.39 is 23.5 Å². The Hall–Kier alpha value is -2.24. The number of rotatable bonds is 3. The van der Waals surface area contributed by atoms with Crippen LogP contribution in [0.4, 0.5) is 0 Å². The van der Waals surface area contributed by atoms with Crippen molar-refractivity contribution in [3.63, 3.8) is 0 Å². The molecule has 0 saturated carbocycles. The van der Waals surface area contributed by atoms with Crippen LogP contribution in [0, 0.1) is 5.92 Å². The molecule has 96 valence electrons. The lowest BCUT2D eigenvalue weighted by molar-refractivity contribution is -0.128. The lowest BCUT2D eigenvalue weighted by Gasteiger charge is -2.27. The standard InChI is InChI=1S/C12H14N2O4/c1-6(15)9-4-5-14(8(3)17)11(7(2)16)10(9)12(13)18/h4-5,9H,1-3H3,(H2,13,18). The Morgan fingerprint density at radius 2 is 1.72 bits per heavy atom. The van der Waals surface area contributed by atoms with Crippen LogP contribution in [0.1, 0.15) is 20.8 Å². The first-order chi connectivity index (χ1) is 8.27. The van der Waals surface area contributed by atoms with Crippen LogP contribution >= 0.6 is 0 Å². The molecule has 1 aliphatic heterocycles. The zero-order valence-electron chi connectivity index (χ0n) is 10.4. The summed E-state index contributed by atoms with van der Waals surface area (Å²) in [4.78, 5) is 46.9. The second-order valence-electron chi connectivity index (χ2n) is 4.00. The van der Waals surface area contributed by atoms with E-state index in [4.69, 9.17) is 5.73 Å². The summed E-state index contributed by atoms with van der Waals surface area (Å²) >= 11 is 0. The zero-order valence-corrected chi connectivity index (χ0v) is 10.4. The number of primary amides is 1. The largest absolute Gasteiger partial charge is 0.366 e. The molecule has 0 aromatic heterocycles. The van der Waals surface area contributed by atoms with Crippen molar-refractivity contribution >= 4 is 23.4 Å². The highest BCUT2D eigenvalue weighted by molar-refractivity contribution is 6.10. The molecule has 0 fully saturated rings. The molecule has 1 unspecified atom stereocenters. The van der Waals surface area contributed by atoms with Gasteiger partial charge in [-0.05, 0) is 6.92 Å². The number of allylic oxidation sites excluding steroid dienone is 2. The Morgan fingerprint density at radius 1 is 1.17 bits per heavy atom. The molecule has 2 amide bonds. The summed E-state index contributed by atoms with van der Waals surface area (Å²) in [5, 5.41) is 0. The van der Waals surface area contributed by atoms with Crippen LogP contribution in [0.25, 0.3) is 0 Å². The van der Waals surface area contributed by atoms with Crippen LogP contribution in [0.5, 0.6) is 0 Å². The number of amides is 2. The van der Waals surface area contributed by atoms with E-state index in [9.17, 15) is 19.2 Å². The molecule has 1 heterocycles. The molecule has 6 nitrogen and oxygen atoms in total. The Labute approximate surface area is 104 Å². The summed E-state index contributed by atoms with van der Waals surface area (Å²) in [5.74, 6) is -3.00. The zero-order chi connectivity index (χ0) is 14.0. The van der Waals surface area contributed by atoms with Gasteiger partial charge in [0.15, 0.2) is 5.78 Å². The van der Waals surface area contributed by atoms with E-state index >= 15 is 0 Å². The maximum atomic E-state index is 11.6. The topological polar surface area (TPSA) is 97.5 Å². The van der Waals surface area contributed by atoms with Crippen molar-refractivity contribution in [2.24, 2.45) is 11.7 Å². The van der Waals surface area contributed by atoms with Crippen LogP contribution in [0.2, 0.25) is 0 Å². The van der Waals surface area contributed by atoms with E-state index in [1.54, 1.807) is 0 Å². The van der Waals surface area contributed by atoms with Gasteiger partial charge >= 0.3 is 0 Å². The smallest absolute Gasteiger partial charge is 0.247 e. The van der Waals surface area contributed by atoms with E-state index in [2.05, 4.69) is 0 Å². The summed E-state index contributed by atoms with van der Waals surface area (Å²) < 4.78 is 0. The lowest BCUT2D eigenvalue weighted by Crippen LogP contribution is -2.37. The molecule has 1 atom stereocenters. The van der Waals surface area contributed by atoms with Crippen LogP contribution in [0.3, 0.4) is 0 Å². The number of nitrogens with zero attached hydrogens (tertiary/aromatic N) is 1. The molecular formula is C12H14N2O4. The molecule has 0 spiro atoms. The summed E-state index contributed by atoms with van der Waals surface area (Å²) in [7, 11) is 0. The molecule has 1 aliphatic rings. The predicted octanol–water partition coefficient (Wildman–Crippen LogP) is -0.104. The third-order valence-electron chi connectivity index (χ3n) is 2.61. The number of Topliss-reactive ketones (excluding diaryl/α,β-unsaturated/α-hetero) is 2. The average Bonchev–Trinajstić information content (AvgIpc) is 2.26. The number of ketones is 2. The van der Waals surface area contributed by atoms with Crippen molar-refractivity contribution in [3.05, 3.63) is 23.5 Å². The fourth-order valence-electron chi connectivity index (χ4n) is 1.85. The lowest BCUT2D eigenvalue weighted by atomic mass is 9.89. The fourth-order valence-corrected chi connectivity index (χ4v) is 1.85. The summed E-state index contributed by atoms with van der Waals surface area (Å²) in [6, 6.07) is 0. The number of hydrogen-bond donors (Lipinski definition) is 1. The van der Waals surface area contributed by atoms with Gasteiger partial charge in [0.2, 0.25) is 11.8 Å². The van der Waals surface area contributed by atoms with Crippen LogP contribution in [-0.2, 0) is 19.2 Å². The Bertz CT molecular complexity index is 458. The molecule has 18 heavy (non-hydrogen) atoms. The number of carbonyl (C=O) groups excluding carboxylic acids is 4. The molecule has 1 rings (SSSR count). The normalized spacial score (nSPS) is 18.8. The third kappa shape index (κ3) is 2.37. The van der Waals surface area contributed by atoms with Crippen molar-refractivity contribution in [1.29, 1.82) is 0 Å². The van der Waals surface area contributed by atoms with Gasteiger partial charge in [-0.2, -0.15) is 0 Å². The van der Waals surface area contributed by atoms with Gasteiger partial charge in [0.05, 0.1) is 11.5 Å². The Kier molecular flexibility index (Phi) is 3.80. The minimum Gasteiger partial charge on any atom is -0.366 e. The monoisotopic (exact) mass is 250 g/mol. The highest BCUT2D eigenvalue weighted by Crippen LogP contribution is 2.27. The van der Waals surface area contributed by atoms with Crippen LogP contribution in [0.15, 0.2) is 23.5 Å². The van der Waals surface area contributed by atoms with Gasteiger partial charge in [-0.15, -0.1) is 0 Å². The third-order valence-corrected chi connectivity index (χ3v) is 2.61. The molecule has 0 radical (unpaired) electrons. The summed E-state index contributed by atoms with van der Waals surface area (Å²) in [5.41, 5.74) is 4.95. The van der Waals surface area contributed by atoms with Gasteiger partial charge < -0.3 is 5.73 Å². The number of nitrogens with two attached hydrogens (primary N) is 1. The fraction of sp³-hybridized carbons (Fsp3) is 0.333. The molecule has 0 saturated heterocycles. The van der Waals surface area contributed by atoms with Gasteiger partial charge in [0.25, 0.3) is 0 Å². The van der Waals surface area contributed by atoms with Crippen molar-refractivity contribution in [2.75, 3.05) is 0 Å². The van der Waals surface area contributed by atoms with Crippen LogP contribution < -0.4 is 5.73 Å². The summed E-state index contributed by atoms with van der Waals surface area (Å²) in [6.07, 6.45) is 2.70. The Balaban J connectivity index is 3.50. The second kappa shape index (κ2) is 4.95. The number of carbonyl (C=O) groups is 4. The first kappa shape index (κ1) is 13.8. The first-order valence-electron chi connectivity index (χ1n) is 5.30. The average molecular weight is 250 g/mol. The quantitative estimate of drug-likeness (QED) is 0.756. The summed E-state index contributed by atoms with van der Waals surface area (Å²) in [6.45, 7) is 3.75. The molecule has 6 heteroatoms. The van der Waals surface area contributed by atoms with Crippen molar-refractivity contribution in [1.82, 2.24) is 4.90 Å². The van der Waals surface area contributed by atoms with Gasteiger partial charge in [0, 0.05) is 20.0 Å². The van der Waals surface area contributed by atoms with E-state index in [1.807, 2.05) is 0 Å². The van der Waals surface area contributed by atoms with Gasteiger partial charge in [-0.3, -0.25) is 24.1 Å². The Morgan fingerprint density at radius 3 is 2.06 bits per heavy atom. The van der Waals surface area contributed by atoms with E-state index in [-0.39, 0.29) is 17.1 Å². The molecule has 0 bridgehead atoms. The predicted molar refractivity (Wildman–Crippen MR) is 62.7 cm³/mol. The number of hydrogen-bond acceptors (Lipinski definition) is 4. The molecule has 2 N–H and O–H groups in total. The maximum absolute atomic E-state index is 11.6. The van der Waals surface area contributed by atoms with Gasteiger partial charge in [0.1, 0.15) is 11.5 Å². The van der Waals surface area contributed by atoms with Gasteiger partial charge in [-0.25, -0.2) is 0 Å². The maximum Gasteiger partial charge on any atom is 0.247 e. The molecule has 0 aromatic rings. The van der Waals surface area contributed by atoms with E-state index in [0.717, 1.165) is 4.90 Å². The van der Waals surface area contributed by atoms with Crippen molar-refractivity contribution in [3.8, 4) is 0 Å². The molecule has 0 aromatic carbocycles. The van der Waals surface area contributed by atoms with E-state index in [1.165, 1.54) is 33.0 Å². The van der Waals surface area contributed by atoms with Crippen molar-refractivity contribution in [2.45, 2.75) is 20.8 Å². The second-order valence-corrected chi connectivity index (χ2v) is 4.00. The van der Waals surface area contributed by atoms with Crippen LogP contribution in [-0.4, -0.2) is 28.3 Å². The van der Waals surface area contributed by atoms with Gasteiger partial charge in [-0.1, -0.05) is 6.08 Å². The van der Waals surface area contributed by atoms with E-state index in [0.29, 0.717) is 0 Å². The minimum absolute atomic E-state index is 0.127. The first-order valence-corrected chi connectivity index (χ1v) is 5.30. The highest BCUT2D eigenvalue weighted by atomic mass is 16.2. The van der Waals surface area contributed by atoms with Crippen molar-refractivity contribution < 1.29 is 19.2 Å². The highest BCUT2D eigenvalue weighted by Gasteiger charge is 2.33.